The Morgan fingerprint density at radius 2 is 1.75 bits per heavy atom. The number of anilines is 1. The van der Waals surface area contributed by atoms with Gasteiger partial charge in [0.05, 0.1) is 0 Å². The van der Waals surface area contributed by atoms with E-state index < -0.39 is 5.97 Å². The Morgan fingerprint density at radius 3 is 2.36 bits per heavy atom. The molecule has 152 valence electrons. The van der Waals surface area contributed by atoms with Gasteiger partial charge in [0, 0.05) is 25.0 Å². The molecule has 1 aromatic heterocycles. The molecule has 0 aliphatic rings. The highest BCUT2D eigenvalue weighted by atomic mass is 32.1. The lowest BCUT2D eigenvalue weighted by Gasteiger charge is -2.26. The van der Waals surface area contributed by atoms with Gasteiger partial charge in [-0.1, -0.05) is 58.0 Å². The number of carbonyl (C=O) groups is 2. The van der Waals surface area contributed by atoms with Gasteiger partial charge in [-0.2, -0.15) is 0 Å². The van der Waals surface area contributed by atoms with E-state index in [0.29, 0.717) is 36.6 Å². The molecular formula is C21H29N3O3S. The van der Waals surface area contributed by atoms with Crippen LogP contribution in [0.4, 0.5) is 5.13 Å². The van der Waals surface area contributed by atoms with Crippen molar-refractivity contribution in [3.05, 3.63) is 47.0 Å². The lowest BCUT2D eigenvalue weighted by atomic mass is 10.1. The lowest BCUT2D eigenvalue weighted by molar-refractivity contribution is -0.135. The van der Waals surface area contributed by atoms with E-state index in [1.165, 1.54) is 11.3 Å². The minimum Gasteiger partial charge on any atom is -0.451 e. The Balaban J connectivity index is 1.85. The molecule has 0 spiro atoms. The summed E-state index contributed by atoms with van der Waals surface area (Å²) in [6.45, 7) is 9.91. The number of ether oxygens (including phenoxy) is 1. The molecule has 0 saturated heterocycles. The third-order valence-electron chi connectivity index (χ3n) is 3.85. The first-order valence-corrected chi connectivity index (χ1v) is 10.4. The number of rotatable bonds is 10. The number of aromatic nitrogens is 1. The topological polar surface area (TPSA) is 71.5 Å². The Morgan fingerprint density at radius 1 is 1.11 bits per heavy atom. The summed E-state index contributed by atoms with van der Waals surface area (Å²) in [4.78, 5) is 30.7. The fourth-order valence-electron chi connectivity index (χ4n) is 2.67. The van der Waals surface area contributed by atoms with Crippen molar-refractivity contribution in [3.63, 3.8) is 0 Å². The number of nitrogens with one attached hydrogen (secondary N) is 1. The molecule has 1 N–H and O–H groups in total. The zero-order chi connectivity index (χ0) is 20.5. The number of amides is 1. The summed E-state index contributed by atoms with van der Waals surface area (Å²) in [7, 11) is 0. The number of carbonyl (C=O) groups excluding carboxylic acids is 2. The zero-order valence-corrected chi connectivity index (χ0v) is 17.8. The van der Waals surface area contributed by atoms with Gasteiger partial charge in [0.1, 0.15) is 0 Å². The Labute approximate surface area is 170 Å². The average Bonchev–Trinajstić information content (AvgIpc) is 3.13. The monoisotopic (exact) mass is 403 g/mol. The molecule has 1 amide bonds. The second-order valence-electron chi connectivity index (χ2n) is 7.54. The minimum atomic E-state index is -0.577. The Kier molecular flexibility index (Phi) is 8.44. The number of hydrogen-bond donors (Lipinski definition) is 1. The van der Waals surface area contributed by atoms with Crippen LogP contribution in [-0.2, 0) is 16.1 Å². The zero-order valence-electron chi connectivity index (χ0n) is 17.0. The third kappa shape index (κ3) is 7.31. The van der Waals surface area contributed by atoms with Crippen LogP contribution in [0.15, 0.2) is 35.7 Å². The Hall–Kier alpha value is -2.41. The first-order valence-electron chi connectivity index (χ1n) is 9.53. The standard InChI is InChI=1S/C21H29N3O3S/c1-15(2)11-24(12-16(3)4)19(25)13-27-20(26)18-14-28-21(23-18)22-10-17-8-6-5-7-9-17/h5-9,14-16H,10-13H2,1-4H3,(H,22,23). The SMILES string of the molecule is CC(C)CN(CC(C)C)C(=O)COC(=O)c1csc(NCc2ccccc2)n1. The normalized spacial score (nSPS) is 10.9. The van der Waals surface area contributed by atoms with E-state index >= 15 is 0 Å². The molecule has 1 aromatic carbocycles. The van der Waals surface area contributed by atoms with Gasteiger partial charge in [-0.25, -0.2) is 9.78 Å². The first kappa shape index (κ1) is 21.9. The third-order valence-corrected chi connectivity index (χ3v) is 4.65. The minimum absolute atomic E-state index is 0.173. The van der Waals surface area contributed by atoms with Crippen molar-refractivity contribution in [3.8, 4) is 0 Å². The molecule has 0 unspecified atom stereocenters. The van der Waals surface area contributed by atoms with Crippen LogP contribution in [0.2, 0.25) is 0 Å². The second kappa shape index (κ2) is 10.8. The molecule has 28 heavy (non-hydrogen) atoms. The fourth-order valence-corrected chi connectivity index (χ4v) is 3.35. The summed E-state index contributed by atoms with van der Waals surface area (Å²) in [6.07, 6.45) is 0. The van der Waals surface area contributed by atoms with Gasteiger partial charge in [-0.05, 0) is 17.4 Å². The molecule has 0 atom stereocenters. The smallest absolute Gasteiger partial charge is 0.358 e. The van der Waals surface area contributed by atoms with Crippen LogP contribution in [0.3, 0.4) is 0 Å². The number of esters is 1. The molecule has 6 nitrogen and oxygen atoms in total. The second-order valence-corrected chi connectivity index (χ2v) is 8.40. The van der Waals surface area contributed by atoms with E-state index in [1.807, 2.05) is 30.3 Å². The summed E-state index contributed by atoms with van der Waals surface area (Å²) >= 11 is 1.34. The van der Waals surface area contributed by atoms with E-state index in [0.717, 1.165) is 5.56 Å². The predicted molar refractivity (Wildman–Crippen MR) is 112 cm³/mol. The van der Waals surface area contributed by atoms with E-state index in [9.17, 15) is 9.59 Å². The number of nitrogens with zero attached hydrogens (tertiary/aromatic N) is 2. The van der Waals surface area contributed by atoms with Crippen LogP contribution in [0.25, 0.3) is 0 Å². The van der Waals surface area contributed by atoms with Crippen LogP contribution in [0.5, 0.6) is 0 Å². The quantitative estimate of drug-likeness (QED) is 0.606. The van der Waals surface area contributed by atoms with Crippen LogP contribution >= 0.6 is 11.3 Å². The molecular weight excluding hydrogens is 374 g/mol. The molecule has 0 bridgehead atoms. The van der Waals surface area contributed by atoms with Gasteiger partial charge in [0.15, 0.2) is 17.4 Å². The average molecular weight is 404 g/mol. The molecule has 7 heteroatoms. The molecule has 0 saturated carbocycles. The maximum Gasteiger partial charge on any atom is 0.358 e. The maximum atomic E-state index is 12.4. The van der Waals surface area contributed by atoms with E-state index in [-0.39, 0.29) is 18.2 Å². The van der Waals surface area contributed by atoms with Gasteiger partial charge >= 0.3 is 5.97 Å². The van der Waals surface area contributed by atoms with Crippen molar-refractivity contribution < 1.29 is 14.3 Å². The fraction of sp³-hybridized carbons (Fsp3) is 0.476. The first-order chi connectivity index (χ1) is 13.3. The number of benzene rings is 1. The summed E-state index contributed by atoms with van der Waals surface area (Å²) in [5.74, 6) is -0.0369. The molecule has 0 aliphatic carbocycles. The molecule has 0 radical (unpaired) electrons. The van der Waals surface area contributed by atoms with E-state index in [1.54, 1.807) is 10.3 Å². The van der Waals surface area contributed by atoms with Crippen LogP contribution in [0.1, 0.15) is 43.7 Å². The molecule has 0 aliphatic heterocycles. The van der Waals surface area contributed by atoms with Gasteiger partial charge in [0.2, 0.25) is 0 Å². The van der Waals surface area contributed by atoms with Gasteiger partial charge in [-0.15, -0.1) is 11.3 Å². The molecule has 2 rings (SSSR count). The molecule has 0 fully saturated rings. The van der Waals surface area contributed by atoms with Gasteiger partial charge in [-0.3, -0.25) is 4.79 Å². The molecule has 2 aromatic rings. The summed E-state index contributed by atoms with van der Waals surface area (Å²) < 4.78 is 5.20. The van der Waals surface area contributed by atoms with E-state index in [2.05, 4.69) is 38.0 Å². The van der Waals surface area contributed by atoms with Crippen molar-refractivity contribution >= 4 is 28.3 Å². The summed E-state index contributed by atoms with van der Waals surface area (Å²) in [5.41, 5.74) is 1.34. The van der Waals surface area contributed by atoms with Gasteiger partial charge in [0.25, 0.3) is 5.91 Å². The Bertz CT molecular complexity index is 749. The van der Waals surface area contributed by atoms with Crippen LogP contribution in [-0.4, -0.2) is 41.5 Å². The number of thiazole rings is 1. The van der Waals surface area contributed by atoms with Crippen molar-refractivity contribution in [2.24, 2.45) is 11.8 Å². The largest absolute Gasteiger partial charge is 0.451 e. The summed E-state index contributed by atoms with van der Waals surface area (Å²) in [5, 5.41) is 5.47. The van der Waals surface area contributed by atoms with Crippen molar-refractivity contribution in [2.45, 2.75) is 34.2 Å². The predicted octanol–water partition coefficient (Wildman–Crippen LogP) is 4.05. The maximum absolute atomic E-state index is 12.4. The van der Waals surface area contributed by atoms with E-state index in [4.69, 9.17) is 4.74 Å². The van der Waals surface area contributed by atoms with Crippen LogP contribution in [0, 0.1) is 11.8 Å². The highest BCUT2D eigenvalue weighted by Crippen LogP contribution is 2.17. The van der Waals surface area contributed by atoms with Gasteiger partial charge < -0.3 is 15.0 Å². The summed E-state index contributed by atoms with van der Waals surface area (Å²) in [6, 6.07) is 9.94. The number of hydrogen-bond acceptors (Lipinski definition) is 6. The van der Waals surface area contributed by atoms with Crippen molar-refractivity contribution in [1.82, 2.24) is 9.88 Å². The lowest BCUT2D eigenvalue weighted by Crippen LogP contribution is -2.39. The molecule has 1 heterocycles. The van der Waals surface area contributed by atoms with Crippen LogP contribution < -0.4 is 5.32 Å². The highest BCUT2D eigenvalue weighted by molar-refractivity contribution is 7.13. The van der Waals surface area contributed by atoms with Crippen molar-refractivity contribution in [1.29, 1.82) is 0 Å². The highest BCUT2D eigenvalue weighted by Gasteiger charge is 2.19. The van der Waals surface area contributed by atoms with Crippen molar-refractivity contribution in [2.75, 3.05) is 25.0 Å².